The van der Waals surface area contributed by atoms with Gasteiger partial charge < -0.3 is 10.2 Å². The molecule has 0 bridgehead atoms. The number of benzene rings is 3. The summed E-state index contributed by atoms with van der Waals surface area (Å²) in [6, 6.07) is 16.2. The fourth-order valence-corrected chi connectivity index (χ4v) is 7.75. The highest BCUT2D eigenvalue weighted by molar-refractivity contribution is 7.92. The number of nitrogens with one attached hydrogen (secondary N) is 1. The van der Waals surface area contributed by atoms with Gasteiger partial charge in [-0.2, -0.15) is 0 Å². The molecule has 3 aromatic carbocycles. The third-order valence-corrected chi connectivity index (χ3v) is 10.7. The van der Waals surface area contributed by atoms with Crippen LogP contribution in [0.25, 0.3) is 0 Å². The highest BCUT2D eigenvalue weighted by Crippen LogP contribution is 2.30. The molecule has 1 atom stereocenters. The number of sulfonamides is 1. The van der Waals surface area contributed by atoms with E-state index in [1.807, 2.05) is 39.8 Å². The van der Waals surface area contributed by atoms with Gasteiger partial charge in [-0.05, 0) is 75.9 Å². The first-order chi connectivity index (χ1) is 20.9. The molecule has 0 unspecified atom stereocenters. The van der Waals surface area contributed by atoms with Crippen molar-refractivity contribution in [1.82, 2.24) is 10.2 Å². The number of hydrogen-bond donors (Lipinski definition) is 1. The lowest BCUT2D eigenvalue weighted by molar-refractivity contribution is -0.140. The van der Waals surface area contributed by atoms with Gasteiger partial charge in [0.25, 0.3) is 10.0 Å². The summed E-state index contributed by atoms with van der Waals surface area (Å²) in [4.78, 5) is 29.6. The number of hydrogen-bond acceptors (Lipinski definition) is 4. The quantitative estimate of drug-likeness (QED) is 0.233. The lowest BCUT2D eigenvalue weighted by Gasteiger charge is -2.35. The number of rotatable bonds is 11. The number of anilines is 1. The van der Waals surface area contributed by atoms with Gasteiger partial charge in [-0.25, -0.2) is 8.42 Å². The molecule has 0 aliphatic heterocycles. The number of aryl methyl sites for hydroxylation is 3. The Balaban J connectivity index is 1.76. The van der Waals surface area contributed by atoms with Crippen molar-refractivity contribution in [3.05, 3.63) is 93.0 Å². The zero-order valence-electron chi connectivity index (χ0n) is 25.8. The molecule has 236 valence electrons. The van der Waals surface area contributed by atoms with Crippen molar-refractivity contribution >= 4 is 50.7 Å². The van der Waals surface area contributed by atoms with Crippen LogP contribution < -0.4 is 9.62 Å². The van der Waals surface area contributed by atoms with Crippen molar-refractivity contribution in [3.8, 4) is 0 Å². The van der Waals surface area contributed by atoms with Gasteiger partial charge in [0.15, 0.2) is 0 Å². The van der Waals surface area contributed by atoms with Crippen LogP contribution in [0.3, 0.4) is 0 Å². The lowest BCUT2D eigenvalue weighted by atomic mass is 9.95. The average molecular weight is 659 g/mol. The molecule has 1 N–H and O–H groups in total. The minimum Gasteiger partial charge on any atom is -0.352 e. The molecule has 7 nitrogen and oxygen atoms in total. The van der Waals surface area contributed by atoms with E-state index in [-0.39, 0.29) is 23.4 Å². The summed E-state index contributed by atoms with van der Waals surface area (Å²) in [5.74, 6) is -0.808. The molecule has 0 heterocycles. The molecule has 0 saturated heterocycles. The average Bonchev–Trinajstić information content (AvgIpc) is 2.98. The Morgan fingerprint density at radius 2 is 1.52 bits per heavy atom. The first-order valence-corrected chi connectivity index (χ1v) is 17.3. The molecule has 0 spiro atoms. The Kier molecular flexibility index (Phi) is 11.4. The van der Waals surface area contributed by atoms with Gasteiger partial charge in [0.2, 0.25) is 11.8 Å². The smallest absolute Gasteiger partial charge is 0.264 e. The zero-order valence-corrected chi connectivity index (χ0v) is 28.1. The van der Waals surface area contributed by atoms with E-state index in [1.165, 1.54) is 4.90 Å². The molecule has 44 heavy (non-hydrogen) atoms. The van der Waals surface area contributed by atoms with E-state index in [9.17, 15) is 18.0 Å². The van der Waals surface area contributed by atoms with Crippen molar-refractivity contribution in [3.63, 3.8) is 0 Å². The van der Waals surface area contributed by atoms with Gasteiger partial charge in [0.1, 0.15) is 12.6 Å². The molecule has 1 aliphatic rings. The summed E-state index contributed by atoms with van der Waals surface area (Å²) in [7, 11) is -4.17. The van der Waals surface area contributed by atoms with E-state index < -0.39 is 28.5 Å². The first-order valence-electron chi connectivity index (χ1n) is 15.1. The Morgan fingerprint density at radius 3 is 2.11 bits per heavy atom. The second-order valence-corrected chi connectivity index (χ2v) is 14.3. The fourth-order valence-electron chi connectivity index (χ4n) is 5.75. The standard InChI is InChI=1S/C34H41Cl2N3O4S/c1-5-31(34(41)37-26-10-7-6-8-11-26)38(21-28-29(35)12-9-13-30(28)36)33(40)22-39(32-19-16-24(3)20-25(32)4)44(42,43)27-17-14-23(2)15-18-27/h9,12-20,26,31H,5-8,10-11,21-22H2,1-4H3,(H,37,41)/t31-/m1/s1. The number of halogens is 2. The summed E-state index contributed by atoms with van der Waals surface area (Å²) in [5.41, 5.74) is 3.46. The van der Waals surface area contributed by atoms with Crippen molar-refractivity contribution < 1.29 is 18.0 Å². The summed E-state index contributed by atoms with van der Waals surface area (Å²) in [6.45, 7) is 6.88. The third-order valence-electron chi connectivity index (χ3n) is 8.24. The van der Waals surface area contributed by atoms with Crippen molar-refractivity contribution in [2.45, 2.75) is 89.7 Å². The number of carbonyl (C=O) groups excluding carboxylic acids is 2. The van der Waals surface area contributed by atoms with Gasteiger partial charge in [-0.3, -0.25) is 13.9 Å². The molecular formula is C34H41Cl2N3O4S. The van der Waals surface area contributed by atoms with Crippen LogP contribution >= 0.6 is 23.2 Å². The van der Waals surface area contributed by atoms with Gasteiger partial charge >= 0.3 is 0 Å². The molecule has 1 aliphatic carbocycles. The van der Waals surface area contributed by atoms with E-state index in [1.54, 1.807) is 48.5 Å². The maximum atomic E-state index is 14.4. The van der Waals surface area contributed by atoms with Crippen LogP contribution in [-0.2, 0) is 26.2 Å². The van der Waals surface area contributed by atoms with Crippen LogP contribution in [0.1, 0.15) is 67.7 Å². The largest absolute Gasteiger partial charge is 0.352 e. The molecular weight excluding hydrogens is 617 g/mol. The first kappa shape index (κ1) is 33.8. The highest BCUT2D eigenvalue weighted by atomic mass is 35.5. The second-order valence-electron chi connectivity index (χ2n) is 11.6. The van der Waals surface area contributed by atoms with Crippen LogP contribution in [0.5, 0.6) is 0 Å². The zero-order chi connectivity index (χ0) is 32.0. The predicted octanol–water partition coefficient (Wildman–Crippen LogP) is 7.37. The number of nitrogens with zero attached hydrogens (tertiary/aromatic N) is 2. The third kappa shape index (κ3) is 7.95. The van der Waals surface area contributed by atoms with Gasteiger partial charge in [-0.15, -0.1) is 0 Å². The van der Waals surface area contributed by atoms with Crippen molar-refractivity contribution in [2.75, 3.05) is 10.8 Å². The van der Waals surface area contributed by atoms with Crippen molar-refractivity contribution in [1.29, 1.82) is 0 Å². The van der Waals surface area contributed by atoms with Gasteiger partial charge in [0, 0.05) is 28.2 Å². The maximum Gasteiger partial charge on any atom is 0.264 e. The van der Waals surface area contributed by atoms with E-state index in [0.29, 0.717) is 33.3 Å². The summed E-state index contributed by atoms with van der Waals surface area (Å²) in [6.07, 6.45) is 5.33. The van der Waals surface area contributed by atoms with Crippen LogP contribution in [0, 0.1) is 20.8 Å². The molecule has 0 radical (unpaired) electrons. The van der Waals surface area contributed by atoms with E-state index in [0.717, 1.165) is 47.5 Å². The summed E-state index contributed by atoms with van der Waals surface area (Å²) >= 11 is 13.1. The normalized spacial score (nSPS) is 14.6. The monoisotopic (exact) mass is 657 g/mol. The van der Waals surface area contributed by atoms with Crippen LogP contribution in [0.15, 0.2) is 65.6 Å². The maximum absolute atomic E-state index is 14.4. The van der Waals surface area contributed by atoms with E-state index in [4.69, 9.17) is 23.2 Å². The molecule has 1 fully saturated rings. The molecule has 4 rings (SSSR count). The molecule has 1 saturated carbocycles. The Morgan fingerprint density at radius 1 is 0.909 bits per heavy atom. The van der Waals surface area contributed by atoms with E-state index >= 15 is 0 Å². The van der Waals surface area contributed by atoms with Crippen molar-refractivity contribution in [2.24, 2.45) is 0 Å². The minimum absolute atomic E-state index is 0.0415. The van der Waals surface area contributed by atoms with Gasteiger partial charge in [-0.1, -0.05) is 90.8 Å². The topological polar surface area (TPSA) is 86.8 Å². The Bertz CT molecular complexity index is 1570. The lowest BCUT2D eigenvalue weighted by Crippen LogP contribution is -2.54. The molecule has 2 amide bonds. The fraction of sp³-hybridized carbons (Fsp3) is 0.412. The predicted molar refractivity (Wildman–Crippen MR) is 178 cm³/mol. The molecule has 0 aromatic heterocycles. The van der Waals surface area contributed by atoms with Crippen LogP contribution in [0.4, 0.5) is 5.69 Å². The summed E-state index contributed by atoms with van der Waals surface area (Å²) < 4.78 is 29.5. The Labute approximate surface area is 271 Å². The minimum atomic E-state index is -4.17. The van der Waals surface area contributed by atoms with E-state index in [2.05, 4.69) is 5.32 Å². The molecule has 10 heteroatoms. The van der Waals surface area contributed by atoms with Crippen LogP contribution in [0.2, 0.25) is 10.0 Å². The number of amides is 2. The molecule has 3 aromatic rings. The second kappa shape index (κ2) is 14.8. The summed E-state index contributed by atoms with van der Waals surface area (Å²) in [5, 5.41) is 3.87. The number of carbonyl (C=O) groups is 2. The van der Waals surface area contributed by atoms with Gasteiger partial charge in [0.05, 0.1) is 10.6 Å². The SMILES string of the molecule is CC[C@H](C(=O)NC1CCCCC1)N(Cc1c(Cl)cccc1Cl)C(=O)CN(c1ccc(C)cc1C)S(=O)(=O)c1ccc(C)cc1. The Hall–Kier alpha value is -3.07. The van der Waals surface area contributed by atoms with Crippen LogP contribution in [-0.4, -0.2) is 43.8 Å². The highest BCUT2D eigenvalue weighted by Gasteiger charge is 2.35.